The van der Waals surface area contributed by atoms with E-state index in [1.165, 1.54) is 30.5 Å². The van der Waals surface area contributed by atoms with Gasteiger partial charge in [0.2, 0.25) is 0 Å². The van der Waals surface area contributed by atoms with Gasteiger partial charge in [0.05, 0.1) is 9.95 Å². The lowest BCUT2D eigenvalue weighted by molar-refractivity contribution is -0.384. The summed E-state index contributed by atoms with van der Waals surface area (Å²) in [6.07, 6.45) is 3.06. The summed E-state index contributed by atoms with van der Waals surface area (Å²) >= 11 is 11.4. The molecule has 0 aliphatic heterocycles. The van der Waals surface area contributed by atoms with Crippen LogP contribution in [0, 0.1) is 10.1 Å². The van der Waals surface area contributed by atoms with Crippen molar-refractivity contribution in [2.45, 2.75) is 0 Å². The largest absolute Gasteiger partial charge is 0.456 e. The molecule has 0 bridgehead atoms. The van der Waals surface area contributed by atoms with Crippen molar-refractivity contribution in [2.75, 3.05) is 11.5 Å². The number of nitro groups is 1. The molecule has 1 aromatic carbocycles. The number of nitrogen functional groups attached to an aromatic ring is 2. The van der Waals surface area contributed by atoms with Crippen LogP contribution in [0.4, 0.5) is 17.3 Å². The Kier molecular flexibility index (Phi) is 6.54. The van der Waals surface area contributed by atoms with E-state index in [1.54, 1.807) is 24.4 Å². The third-order valence-corrected chi connectivity index (χ3v) is 3.38. The monoisotopic (exact) mass is 393 g/mol. The molecule has 4 N–H and O–H groups in total. The van der Waals surface area contributed by atoms with Crippen molar-refractivity contribution in [1.82, 2.24) is 9.97 Å². The van der Waals surface area contributed by atoms with Crippen molar-refractivity contribution < 1.29 is 9.66 Å². The lowest BCUT2D eigenvalue weighted by Gasteiger charge is -2.07. The Bertz CT molecular complexity index is 907. The second-order valence-electron chi connectivity index (χ2n) is 4.79. The maximum absolute atomic E-state index is 10.5. The lowest BCUT2D eigenvalue weighted by atomic mass is 10.3. The summed E-state index contributed by atoms with van der Waals surface area (Å²) in [5.74, 6) is 1.54. The highest BCUT2D eigenvalue weighted by molar-refractivity contribution is 6.32. The van der Waals surface area contributed by atoms with E-state index in [4.69, 9.17) is 39.4 Å². The summed E-state index contributed by atoms with van der Waals surface area (Å²) in [7, 11) is 0. The van der Waals surface area contributed by atoms with E-state index < -0.39 is 4.92 Å². The van der Waals surface area contributed by atoms with E-state index in [0.29, 0.717) is 28.2 Å². The van der Waals surface area contributed by atoms with Gasteiger partial charge in [-0.3, -0.25) is 10.1 Å². The Labute approximate surface area is 158 Å². The van der Waals surface area contributed by atoms with E-state index in [9.17, 15) is 10.1 Å². The Hall–Kier alpha value is -3.10. The number of anilines is 2. The van der Waals surface area contributed by atoms with E-state index in [0.717, 1.165) is 0 Å². The van der Waals surface area contributed by atoms with Gasteiger partial charge >= 0.3 is 0 Å². The fraction of sp³-hybridized carbons (Fsp3) is 0. The molecule has 0 aliphatic carbocycles. The first-order valence-electron chi connectivity index (χ1n) is 7.05. The van der Waals surface area contributed by atoms with Crippen LogP contribution in [0.2, 0.25) is 10.0 Å². The average Bonchev–Trinajstić information content (AvgIpc) is 2.57. The molecule has 0 radical (unpaired) electrons. The zero-order valence-electron chi connectivity index (χ0n) is 13.2. The van der Waals surface area contributed by atoms with E-state index >= 15 is 0 Å². The Morgan fingerprint density at radius 3 is 2.12 bits per heavy atom. The van der Waals surface area contributed by atoms with Crippen molar-refractivity contribution in [3.8, 4) is 11.5 Å². The molecule has 26 heavy (non-hydrogen) atoms. The Morgan fingerprint density at radius 2 is 1.62 bits per heavy atom. The van der Waals surface area contributed by atoms with E-state index in [2.05, 4.69) is 9.97 Å². The van der Waals surface area contributed by atoms with Crippen LogP contribution in [0.15, 0.2) is 54.9 Å². The highest BCUT2D eigenvalue weighted by Crippen LogP contribution is 2.32. The number of aromatic nitrogens is 2. The Balaban J connectivity index is 0.000000254. The average molecular weight is 394 g/mol. The molecular formula is C16H13Cl2N5O3. The van der Waals surface area contributed by atoms with E-state index in [-0.39, 0.29) is 10.7 Å². The molecule has 10 heteroatoms. The fourth-order valence-electron chi connectivity index (χ4n) is 1.73. The van der Waals surface area contributed by atoms with Crippen molar-refractivity contribution in [3.63, 3.8) is 0 Å². The number of hydrogen-bond donors (Lipinski definition) is 2. The maximum Gasteiger partial charge on any atom is 0.271 e. The third-order valence-electron chi connectivity index (χ3n) is 2.85. The number of nitrogens with two attached hydrogens (primary N) is 2. The minimum atomic E-state index is -0.528. The normalized spacial score (nSPS) is 9.77. The molecule has 0 aliphatic rings. The zero-order valence-corrected chi connectivity index (χ0v) is 14.7. The molecule has 3 rings (SSSR count). The van der Waals surface area contributed by atoms with Crippen LogP contribution in [0.5, 0.6) is 11.5 Å². The first-order chi connectivity index (χ1) is 12.3. The quantitative estimate of drug-likeness (QED) is 0.499. The molecule has 2 aromatic heterocycles. The standard InChI is InChI=1S/C11H8ClN3O3.C5H5ClN2/c12-9-5-7(15(16)17)1-2-10(9)18-8-3-4-14-11(13)6-8;6-4-1-2-8-5(7)3-4/h1-6H,(H2,13,14);1-3H,(H2,7,8). The van der Waals surface area contributed by atoms with Crippen LogP contribution in [0.3, 0.4) is 0 Å². The van der Waals surface area contributed by atoms with Gasteiger partial charge in [0.15, 0.2) is 0 Å². The molecule has 0 unspecified atom stereocenters. The number of hydrogen-bond acceptors (Lipinski definition) is 7. The van der Waals surface area contributed by atoms with Crippen molar-refractivity contribution in [1.29, 1.82) is 0 Å². The summed E-state index contributed by atoms with van der Waals surface area (Å²) in [4.78, 5) is 17.6. The van der Waals surface area contributed by atoms with Gasteiger partial charge in [0.1, 0.15) is 23.1 Å². The highest BCUT2D eigenvalue weighted by Gasteiger charge is 2.11. The summed E-state index contributed by atoms with van der Waals surface area (Å²) in [5.41, 5.74) is 10.7. The third kappa shape index (κ3) is 5.76. The van der Waals surface area contributed by atoms with Crippen LogP contribution >= 0.6 is 23.2 Å². The van der Waals surface area contributed by atoms with Gasteiger partial charge < -0.3 is 16.2 Å². The fourth-order valence-corrected chi connectivity index (χ4v) is 2.11. The summed E-state index contributed by atoms with van der Waals surface area (Å²) in [6, 6.07) is 10.4. The number of halogens is 2. The molecule has 134 valence electrons. The maximum atomic E-state index is 10.5. The Morgan fingerprint density at radius 1 is 0.962 bits per heavy atom. The minimum Gasteiger partial charge on any atom is -0.456 e. The highest BCUT2D eigenvalue weighted by atomic mass is 35.5. The number of pyridine rings is 2. The summed E-state index contributed by atoms with van der Waals surface area (Å²) in [6.45, 7) is 0. The van der Waals surface area contributed by atoms with Gasteiger partial charge in [0, 0.05) is 35.6 Å². The summed E-state index contributed by atoms with van der Waals surface area (Å²) in [5, 5.41) is 11.3. The molecule has 0 fully saturated rings. The van der Waals surface area contributed by atoms with Gasteiger partial charge in [-0.2, -0.15) is 0 Å². The molecule has 0 spiro atoms. The number of ether oxygens (including phenoxy) is 1. The molecule has 3 aromatic rings. The van der Waals surface area contributed by atoms with E-state index in [1.807, 2.05) is 0 Å². The molecule has 2 heterocycles. The molecule has 0 saturated carbocycles. The van der Waals surface area contributed by atoms with Gasteiger partial charge in [-0.1, -0.05) is 23.2 Å². The van der Waals surface area contributed by atoms with Crippen LogP contribution < -0.4 is 16.2 Å². The first kappa shape index (κ1) is 19.2. The lowest BCUT2D eigenvalue weighted by Crippen LogP contribution is -1.92. The first-order valence-corrected chi connectivity index (χ1v) is 7.81. The molecule has 0 amide bonds. The molecule has 0 atom stereocenters. The summed E-state index contributed by atoms with van der Waals surface area (Å²) < 4.78 is 5.45. The zero-order chi connectivity index (χ0) is 19.1. The van der Waals surface area contributed by atoms with Gasteiger partial charge in [-0.25, -0.2) is 9.97 Å². The number of non-ortho nitro benzene ring substituents is 1. The smallest absolute Gasteiger partial charge is 0.271 e. The molecule has 0 saturated heterocycles. The number of rotatable bonds is 3. The van der Waals surface area contributed by atoms with Gasteiger partial charge in [-0.15, -0.1) is 0 Å². The van der Waals surface area contributed by atoms with Crippen LogP contribution in [-0.2, 0) is 0 Å². The number of nitro benzene ring substituents is 1. The van der Waals surface area contributed by atoms with Crippen LogP contribution in [-0.4, -0.2) is 14.9 Å². The second kappa shape index (κ2) is 8.84. The number of nitrogens with zero attached hydrogens (tertiary/aromatic N) is 3. The minimum absolute atomic E-state index is 0.0957. The second-order valence-corrected chi connectivity index (χ2v) is 5.63. The predicted octanol–water partition coefficient (Wildman–Crippen LogP) is 4.33. The molecular weight excluding hydrogens is 381 g/mol. The number of benzene rings is 1. The topological polar surface area (TPSA) is 130 Å². The van der Waals surface area contributed by atoms with Crippen molar-refractivity contribution in [3.05, 3.63) is 75.0 Å². The van der Waals surface area contributed by atoms with Crippen molar-refractivity contribution >= 4 is 40.5 Å². The van der Waals surface area contributed by atoms with Crippen molar-refractivity contribution in [2.24, 2.45) is 0 Å². The predicted molar refractivity (Wildman–Crippen MR) is 100 cm³/mol. The van der Waals surface area contributed by atoms with Crippen LogP contribution in [0.25, 0.3) is 0 Å². The van der Waals surface area contributed by atoms with Gasteiger partial charge in [-0.05, 0) is 24.3 Å². The van der Waals surface area contributed by atoms with Crippen LogP contribution in [0.1, 0.15) is 0 Å². The molecule has 8 nitrogen and oxygen atoms in total. The van der Waals surface area contributed by atoms with Gasteiger partial charge in [0.25, 0.3) is 5.69 Å². The SMILES string of the molecule is Nc1cc(Cl)ccn1.Nc1cc(Oc2ccc([N+](=O)[O-])cc2Cl)ccn1.